The molecule has 0 bridgehead atoms. The summed E-state index contributed by atoms with van der Waals surface area (Å²) in [6, 6.07) is 5.23. The molecule has 17 heavy (non-hydrogen) atoms. The van der Waals surface area contributed by atoms with Gasteiger partial charge in [-0.05, 0) is 24.8 Å². The highest BCUT2D eigenvalue weighted by molar-refractivity contribution is 8.01. The summed E-state index contributed by atoms with van der Waals surface area (Å²) in [5.74, 6) is 0. The number of ether oxygens (including phenoxy) is 1. The second-order valence-electron chi connectivity index (χ2n) is 4.62. The minimum atomic E-state index is -0.324. The van der Waals surface area contributed by atoms with E-state index in [2.05, 4.69) is 0 Å². The minimum absolute atomic E-state index is 0.195. The highest BCUT2D eigenvalue weighted by Crippen LogP contribution is 2.50. The first-order valence-electron chi connectivity index (χ1n) is 5.73. The van der Waals surface area contributed by atoms with E-state index < -0.39 is 0 Å². The van der Waals surface area contributed by atoms with Gasteiger partial charge in [-0.2, -0.15) is 0 Å². The molecule has 0 radical (unpaired) electrons. The van der Waals surface area contributed by atoms with E-state index >= 15 is 0 Å². The third-order valence-corrected chi connectivity index (χ3v) is 5.09. The molecule has 5 heteroatoms. The van der Waals surface area contributed by atoms with Gasteiger partial charge in [-0.25, -0.2) is 0 Å². The molecular formula is C12H13NO3S. The SMILES string of the molecule is O=[N+]([O-])c1ccc2c(c1)SC1(CCOCC1)C2. The van der Waals surface area contributed by atoms with E-state index in [-0.39, 0.29) is 15.4 Å². The molecule has 1 aromatic rings. The van der Waals surface area contributed by atoms with Crippen molar-refractivity contribution >= 4 is 17.4 Å². The maximum atomic E-state index is 10.7. The van der Waals surface area contributed by atoms with Crippen molar-refractivity contribution in [3.05, 3.63) is 33.9 Å². The lowest BCUT2D eigenvalue weighted by molar-refractivity contribution is -0.385. The highest BCUT2D eigenvalue weighted by Gasteiger charge is 2.40. The molecule has 0 aromatic heterocycles. The fourth-order valence-corrected chi connectivity index (χ4v) is 4.05. The van der Waals surface area contributed by atoms with Crippen LogP contribution in [0.3, 0.4) is 0 Å². The summed E-state index contributed by atoms with van der Waals surface area (Å²) in [5.41, 5.74) is 1.45. The first-order chi connectivity index (χ1) is 8.19. The summed E-state index contributed by atoms with van der Waals surface area (Å²) >= 11 is 1.81. The molecule has 1 spiro atoms. The molecule has 0 aliphatic carbocycles. The van der Waals surface area contributed by atoms with Crippen LogP contribution >= 0.6 is 11.8 Å². The maximum absolute atomic E-state index is 10.7. The molecule has 2 aliphatic heterocycles. The Bertz CT molecular complexity index is 469. The lowest BCUT2D eigenvalue weighted by Gasteiger charge is -2.32. The van der Waals surface area contributed by atoms with Gasteiger partial charge in [0.05, 0.1) is 4.92 Å². The zero-order chi connectivity index (χ0) is 11.9. The van der Waals surface area contributed by atoms with Crippen LogP contribution in [0.2, 0.25) is 0 Å². The van der Waals surface area contributed by atoms with Crippen molar-refractivity contribution in [2.75, 3.05) is 13.2 Å². The average molecular weight is 251 g/mol. The number of nitro benzene ring substituents is 1. The Labute approximate surface area is 103 Å². The van der Waals surface area contributed by atoms with E-state index in [0.29, 0.717) is 0 Å². The Kier molecular flexibility index (Phi) is 2.60. The predicted molar refractivity (Wildman–Crippen MR) is 65.4 cm³/mol. The molecule has 0 unspecified atom stereocenters. The van der Waals surface area contributed by atoms with E-state index in [1.807, 2.05) is 6.07 Å². The van der Waals surface area contributed by atoms with Crippen LogP contribution in [-0.2, 0) is 11.2 Å². The smallest absolute Gasteiger partial charge is 0.270 e. The fourth-order valence-electron chi connectivity index (χ4n) is 2.54. The number of fused-ring (bicyclic) bond motifs is 1. The number of hydrogen-bond donors (Lipinski definition) is 0. The number of hydrogen-bond acceptors (Lipinski definition) is 4. The lowest BCUT2D eigenvalue weighted by Crippen LogP contribution is -2.32. The molecule has 1 aromatic carbocycles. The van der Waals surface area contributed by atoms with E-state index in [0.717, 1.165) is 37.4 Å². The normalized spacial score (nSPS) is 21.4. The van der Waals surface area contributed by atoms with Crippen LogP contribution in [-0.4, -0.2) is 22.9 Å². The molecule has 2 heterocycles. The standard InChI is InChI=1S/C12H13NO3S/c14-13(15)10-2-1-9-8-12(17-11(9)7-10)3-5-16-6-4-12/h1-2,7H,3-6,8H2. The molecule has 2 aliphatic rings. The Hall–Kier alpha value is -1.07. The topological polar surface area (TPSA) is 52.4 Å². The number of rotatable bonds is 1. The first-order valence-corrected chi connectivity index (χ1v) is 6.54. The van der Waals surface area contributed by atoms with Gasteiger partial charge in [0.1, 0.15) is 0 Å². The third kappa shape index (κ3) is 1.93. The molecule has 1 fully saturated rings. The number of benzene rings is 1. The molecule has 0 N–H and O–H groups in total. The van der Waals surface area contributed by atoms with Crippen LogP contribution in [0.1, 0.15) is 18.4 Å². The number of thioether (sulfide) groups is 1. The second-order valence-corrected chi connectivity index (χ2v) is 6.13. The zero-order valence-corrected chi connectivity index (χ0v) is 10.2. The third-order valence-electron chi connectivity index (χ3n) is 3.50. The van der Waals surface area contributed by atoms with Gasteiger partial charge >= 0.3 is 0 Å². The van der Waals surface area contributed by atoms with Crippen LogP contribution in [0, 0.1) is 10.1 Å². The molecule has 0 atom stereocenters. The van der Waals surface area contributed by atoms with Crippen LogP contribution in [0.5, 0.6) is 0 Å². The van der Waals surface area contributed by atoms with E-state index in [1.54, 1.807) is 23.9 Å². The van der Waals surface area contributed by atoms with Gasteiger partial charge in [-0.15, -0.1) is 11.8 Å². The van der Waals surface area contributed by atoms with Gasteiger partial charge in [0.15, 0.2) is 0 Å². The summed E-state index contributed by atoms with van der Waals surface area (Å²) in [7, 11) is 0. The first kappa shape index (κ1) is 11.0. The van der Waals surface area contributed by atoms with Crippen molar-refractivity contribution in [2.45, 2.75) is 28.9 Å². The van der Waals surface area contributed by atoms with Gasteiger partial charge in [0, 0.05) is 35.0 Å². The van der Waals surface area contributed by atoms with Crippen LogP contribution in [0.25, 0.3) is 0 Å². The predicted octanol–water partition coefficient (Wildman–Crippen LogP) is 2.79. The van der Waals surface area contributed by atoms with Crippen molar-refractivity contribution < 1.29 is 9.66 Å². The fraction of sp³-hybridized carbons (Fsp3) is 0.500. The van der Waals surface area contributed by atoms with Crippen molar-refractivity contribution in [3.8, 4) is 0 Å². The highest BCUT2D eigenvalue weighted by atomic mass is 32.2. The Morgan fingerprint density at radius 2 is 2.12 bits per heavy atom. The Morgan fingerprint density at radius 3 is 2.82 bits per heavy atom. The lowest BCUT2D eigenvalue weighted by atomic mass is 9.92. The summed E-state index contributed by atoms with van der Waals surface area (Å²) in [6.07, 6.45) is 3.11. The van der Waals surface area contributed by atoms with E-state index in [1.165, 1.54) is 5.56 Å². The summed E-state index contributed by atoms with van der Waals surface area (Å²) in [5, 5.41) is 10.7. The molecule has 0 saturated carbocycles. The van der Waals surface area contributed by atoms with Crippen molar-refractivity contribution in [3.63, 3.8) is 0 Å². The molecule has 3 rings (SSSR count). The maximum Gasteiger partial charge on any atom is 0.270 e. The van der Waals surface area contributed by atoms with Crippen LogP contribution in [0.15, 0.2) is 23.1 Å². The van der Waals surface area contributed by atoms with E-state index in [4.69, 9.17) is 4.74 Å². The monoisotopic (exact) mass is 251 g/mol. The largest absolute Gasteiger partial charge is 0.381 e. The van der Waals surface area contributed by atoms with Crippen LogP contribution in [0.4, 0.5) is 5.69 Å². The van der Waals surface area contributed by atoms with Gasteiger partial charge in [-0.3, -0.25) is 10.1 Å². The van der Waals surface area contributed by atoms with Gasteiger partial charge in [-0.1, -0.05) is 6.07 Å². The molecular weight excluding hydrogens is 238 g/mol. The summed E-state index contributed by atoms with van der Waals surface area (Å²) < 4.78 is 5.63. The van der Waals surface area contributed by atoms with Gasteiger partial charge in [0.25, 0.3) is 5.69 Å². The Morgan fingerprint density at radius 1 is 1.35 bits per heavy atom. The van der Waals surface area contributed by atoms with Gasteiger partial charge < -0.3 is 4.74 Å². The van der Waals surface area contributed by atoms with Crippen LogP contribution < -0.4 is 0 Å². The van der Waals surface area contributed by atoms with Gasteiger partial charge in [0.2, 0.25) is 0 Å². The minimum Gasteiger partial charge on any atom is -0.381 e. The van der Waals surface area contributed by atoms with Crippen molar-refractivity contribution in [1.29, 1.82) is 0 Å². The number of non-ortho nitro benzene ring substituents is 1. The second kappa shape index (κ2) is 3.99. The summed E-state index contributed by atoms with van der Waals surface area (Å²) in [4.78, 5) is 11.5. The number of nitrogens with zero attached hydrogens (tertiary/aromatic N) is 1. The number of nitro groups is 1. The quantitative estimate of drug-likeness (QED) is 0.569. The van der Waals surface area contributed by atoms with Crippen molar-refractivity contribution in [1.82, 2.24) is 0 Å². The molecule has 0 amide bonds. The van der Waals surface area contributed by atoms with E-state index in [9.17, 15) is 10.1 Å². The molecule has 4 nitrogen and oxygen atoms in total. The molecule has 1 saturated heterocycles. The Balaban J connectivity index is 1.89. The zero-order valence-electron chi connectivity index (χ0n) is 9.35. The average Bonchev–Trinajstić information content (AvgIpc) is 2.66. The van der Waals surface area contributed by atoms with Crippen molar-refractivity contribution in [2.24, 2.45) is 0 Å². The summed E-state index contributed by atoms with van der Waals surface area (Å²) in [6.45, 7) is 1.62. The molecule has 90 valence electrons.